The highest BCUT2D eigenvalue weighted by atomic mass is 16.5. The van der Waals surface area contributed by atoms with Crippen molar-refractivity contribution < 1.29 is 9.53 Å². The van der Waals surface area contributed by atoms with Crippen molar-refractivity contribution in [3.63, 3.8) is 0 Å². The van der Waals surface area contributed by atoms with Crippen molar-refractivity contribution in [2.75, 3.05) is 28.8 Å². The minimum atomic E-state index is 0.0189. The van der Waals surface area contributed by atoms with Crippen molar-refractivity contribution in [3.05, 3.63) is 60.3 Å². The second-order valence-corrected chi connectivity index (χ2v) is 9.47. The largest absolute Gasteiger partial charge is 0.381 e. The van der Waals surface area contributed by atoms with E-state index in [2.05, 4.69) is 49.0 Å². The summed E-state index contributed by atoms with van der Waals surface area (Å²) in [7, 11) is 1.77. The predicted octanol–water partition coefficient (Wildman–Crippen LogP) is 4.09. The van der Waals surface area contributed by atoms with E-state index in [-0.39, 0.29) is 17.9 Å². The molecule has 1 saturated carbocycles. The van der Waals surface area contributed by atoms with Crippen LogP contribution >= 0.6 is 0 Å². The molecule has 6 rings (SSSR count). The first kappa shape index (κ1) is 21.2. The highest BCUT2D eigenvalue weighted by Gasteiger charge is 2.33. The van der Waals surface area contributed by atoms with E-state index in [1.807, 2.05) is 23.5 Å². The SMILES string of the molecule is CO[C@H]1CC[C@H](C(=O)N2Cc3cccnc3Nc3ccc(N4CCn5cncc5C4)cc32)CC1. The van der Waals surface area contributed by atoms with Gasteiger partial charge in [0.25, 0.3) is 0 Å². The van der Waals surface area contributed by atoms with Crippen molar-refractivity contribution in [2.24, 2.45) is 5.92 Å². The molecule has 8 heteroatoms. The molecule has 176 valence electrons. The number of methoxy groups -OCH3 is 1. The predicted molar refractivity (Wildman–Crippen MR) is 131 cm³/mol. The number of imidazole rings is 1. The van der Waals surface area contributed by atoms with Crippen LogP contribution < -0.4 is 15.1 Å². The summed E-state index contributed by atoms with van der Waals surface area (Å²) in [4.78, 5) is 27.1. The number of fused-ring (bicyclic) bond motifs is 3. The number of aromatic nitrogens is 3. The van der Waals surface area contributed by atoms with Gasteiger partial charge in [-0.2, -0.15) is 0 Å². The summed E-state index contributed by atoms with van der Waals surface area (Å²) >= 11 is 0. The molecular weight excluding hydrogens is 428 g/mol. The first-order valence-corrected chi connectivity index (χ1v) is 12.1. The summed E-state index contributed by atoms with van der Waals surface area (Å²) in [5.41, 5.74) is 5.20. The number of pyridine rings is 1. The van der Waals surface area contributed by atoms with Gasteiger partial charge in [-0.25, -0.2) is 9.97 Å². The summed E-state index contributed by atoms with van der Waals surface area (Å²) in [5, 5.41) is 3.49. The molecule has 0 spiro atoms. The van der Waals surface area contributed by atoms with Crippen LogP contribution in [0.3, 0.4) is 0 Å². The zero-order chi connectivity index (χ0) is 23.1. The Balaban J connectivity index is 1.34. The number of anilines is 4. The third-order valence-corrected chi connectivity index (χ3v) is 7.50. The average molecular weight is 459 g/mol. The molecule has 3 aromatic rings. The first-order chi connectivity index (χ1) is 16.7. The molecule has 1 fully saturated rings. The van der Waals surface area contributed by atoms with E-state index < -0.39 is 0 Å². The van der Waals surface area contributed by atoms with Crippen LogP contribution in [0.25, 0.3) is 0 Å². The Kier molecular flexibility index (Phi) is 5.45. The van der Waals surface area contributed by atoms with Crippen LogP contribution in [0.15, 0.2) is 49.1 Å². The summed E-state index contributed by atoms with van der Waals surface area (Å²) in [5.74, 6) is 1.03. The molecule has 2 aromatic heterocycles. The number of carbonyl (C=O) groups is 1. The number of nitrogens with one attached hydrogen (secondary N) is 1. The maximum absolute atomic E-state index is 13.9. The third kappa shape index (κ3) is 3.81. The fourth-order valence-electron chi connectivity index (χ4n) is 5.47. The van der Waals surface area contributed by atoms with E-state index in [0.717, 1.165) is 73.8 Å². The molecule has 0 bridgehead atoms. The Hall–Kier alpha value is -3.39. The molecule has 0 atom stereocenters. The molecule has 1 aliphatic carbocycles. The Morgan fingerprint density at radius 1 is 1.12 bits per heavy atom. The van der Waals surface area contributed by atoms with Crippen LogP contribution in [0, 0.1) is 5.92 Å². The molecular formula is C26H30N6O2. The number of nitrogens with zero attached hydrogens (tertiary/aromatic N) is 5. The maximum Gasteiger partial charge on any atom is 0.230 e. The Bertz CT molecular complexity index is 1200. The first-order valence-electron chi connectivity index (χ1n) is 12.1. The molecule has 8 nitrogen and oxygen atoms in total. The van der Waals surface area contributed by atoms with Gasteiger partial charge >= 0.3 is 0 Å². The maximum atomic E-state index is 13.9. The van der Waals surface area contributed by atoms with Gasteiger partial charge in [0.2, 0.25) is 5.91 Å². The van der Waals surface area contributed by atoms with Crippen LogP contribution in [0.4, 0.5) is 22.9 Å². The van der Waals surface area contributed by atoms with E-state index in [9.17, 15) is 4.79 Å². The Morgan fingerprint density at radius 3 is 2.85 bits per heavy atom. The van der Waals surface area contributed by atoms with Crippen molar-refractivity contribution in [2.45, 2.75) is 51.4 Å². The molecule has 2 aliphatic heterocycles. The van der Waals surface area contributed by atoms with Crippen molar-refractivity contribution >= 4 is 28.8 Å². The topological polar surface area (TPSA) is 75.5 Å². The van der Waals surface area contributed by atoms with E-state index in [0.29, 0.717) is 6.54 Å². The summed E-state index contributed by atoms with van der Waals surface area (Å²) in [6.45, 7) is 3.14. The number of hydrogen-bond donors (Lipinski definition) is 1. The van der Waals surface area contributed by atoms with Gasteiger partial charge < -0.3 is 24.4 Å². The standard InChI is InChI=1S/C26H30N6O2/c1-34-22-7-4-18(5-8-22)26(33)32-15-19-3-2-10-28-25(19)29-23-9-6-20(13-24(23)32)30-11-12-31-17-27-14-21(31)16-30/h2-3,6,9-10,13-14,17-18,22H,4-5,7-8,11-12,15-16H2,1H3,(H,28,29)/t18-,22-. The quantitative estimate of drug-likeness (QED) is 0.637. The molecule has 1 N–H and O–H groups in total. The highest BCUT2D eigenvalue weighted by Crippen LogP contribution is 2.40. The lowest BCUT2D eigenvalue weighted by atomic mass is 9.86. The molecule has 0 saturated heterocycles. The van der Waals surface area contributed by atoms with Gasteiger partial charge in [-0.15, -0.1) is 0 Å². The average Bonchev–Trinajstić information content (AvgIpc) is 3.29. The van der Waals surface area contributed by atoms with Gasteiger partial charge in [0.05, 0.1) is 42.6 Å². The number of amides is 1. The lowest BCUT2D eigenvalue weighted by Crippen LogP contribution is -2.38. The number of carbonyl (C=O) groups excluding carboxylic acids is 1. The van der Waals surface area contributed by atoms with E-state index in [1.54, 1.807) is 13.3 Å². The fraction of sp³-hybridized carbons (Fsp3) is 0.423. The molecule has 1 amide bonds. The van der Waals surface area contributed by atoms with E-state index in [1.165, 1.54) is 5.69 Å². The smallest absolute Gasteiger partial charge is 0.230 e. The minimum Gasteiger partial charge on any atom is -0.381 e. The van der Waals surface area contributed by atoms with Gasteiger partial charge in [0, 0.05) is 49.8 Å². The monoisotopic (exact) mass is 458 g/mol. The molecule has 34 heavy (non-hydrogen) atoms. The van der Waals surface area contributed by atoms with Crippen LogP contribution in [0.5, 0.6) is 0 Å². The number of benzene rings is 1. The zero-order valence-corrected chi connectivity index (χ0v) is 19.5. The van der Waals surface area contributed by atoms with Gasteiger partial charge in [0.1, 0.15) is 5.82 Å². The summed E-state index contributed by atoms with van der Waals surface area (Å²) in [6, 6.07) is 10.4. The number of hydrogen-bond acceptors (Lipinski definition) is 6. The van der Waals surface area contributed by atoms with Crippen molar-refractivity contribution in [3.8, 4) is 0 Å². The molecule has 3 aliphatic rings. The molecule has 0 unspecified atom stereocenters. The third-order valence-electron chi connectivity index (χ3n) is 7.50. The van der Waals surface area contributed by atoms with E-state index in [4.69, 9.17) is 4.74 Å². The van der Waals surface area contributed by atoms with Gasteiger partial charge in [-0.1, -0.05) is 6.07 Å². The lowest BCUT2D eigenvalue weighted by Gasteiger charge is -2.33. The van der Waals surface area contributed by atoms with Crippen LogP contribution in [0.1, 0.15) is 36.9 Å². The second kappa shape index (κ2) is 8.76. The zero-order valence-electron chi connectivity index (χ0n) is 19.5. The van der Waals surface area contributed by atoms with Gasteiger partial charge in [0.15, 0.2) is 0 Å². The Labute approximate surface area is 199 Å². The summed E-state index contributed by atoms with van der Waals surface area (Å²) in [6.07, 6.45) is 9.50. The fourth-order valence-corrected chi connectivity index (χ4v) is 5.47. The minimum absolute atomic E-state index is 0.0189. The number of ether oxygens (including phenoxy) is 1. The van der Waals surface area contributed by atoms with E-state index >= 15 is 0 Å². The molecule has 0 radical (unpaired) electrons. The number of rotatable bonds is 3. The summed E-state index contributed by atoms with van der Waals surface area (Å²) < 4.78 is 7.74. The highest BCUT2D eigenvalue weighted by molar-refractivity contribution is 6.00. The van der Waals surface area contributed by atoms with Crippen molar-refractivity contribution in [1.29, 1.82) is 0 Å². The molecule has 1 aromatic carbocycles. The Morgan fingerprint density at radius 2 is 2.00 bits per heavy atom. The van der Waals surface area contributed by atoms with Crippen LogP contribution in [-0.2, 0) is 29.2 Å². The molecule has 4 heterocycles. The van der Waals surface area contributed by atoms with Crippen molar-refractivity contribution in [1.82, 2.24) is 14.5 Å². The van der Waals surface area contributed by atoms with Crippen LogP contribution in [-0.4, -0.2) is 40.2 Å². The van der Waals surface area contributed by atoms with Crippen LogP contribution in [0.2, 0.25) is 0 Å². The lowest BCUT2D eigenvalue weighted by molar-refractivity contribution is -0.124. The normalized spacial score (nSPS) is 21.7. The second-order valence-electron chi connectivity index (χ2n) is 9.47. The van der Waals surface area contributed by atoms with Gasteiger partial charge in [-0.05, 0) is 49.9 Å². The van der Waals surface area contributed by atoms with Gasteiger partial charge in [-0.3, -0.25) is 4.79 Å².